The summed E-state index contributed by atoms with van der Waals surface area (Å²) in [7, 11) is 1.84. The SMILES string of the molecule is CCOC(=O)c1nn(C)c2c1CN(C(=O)CC1CCCC1)CC2. The molecule has 0 aromatic carbocycles. The maximum Gasteiger partial charge on any atom is 0.359 e. The van der Waals surface area contributed by atoms with Crippen LogP contribution in [0.5, 0.6) is 0 Å². The van der Waals surface area contributed by atoms with Crippen LogP contribution in [0.3, 0.4) is 0 Å². The number of ether oxygens (including phenoxy) is 1. The zero-order chi connectivity index (χ0) is 16.4. The van der Waals surface area contributed by atoms with E-state index >= 15 is 0 Å². The monoisotopic (exact) mass is 319 g/mol. The number of aryl methyl sites for hydroxylation is 1. The van der Waals surface area contributed by atoms with Crippen LogP contribution in [0.1, 0.15) is 60.8 Å². The number of amides is 1. The van der Waals surface area contributed by atoms with Gasteiger partial charge in [-0.15, -0.1) is 0 Å². The molecular formula is C17H25N3O3. The molecule has 2 aliphatic rings. The van der Waals surface area contributed by atoms with E-state index in [0.717, 1.165) is 17.7 Å². The molecule has 2 heterocycles. The normalized spacial score (nSPS) is 18.1. The summed E-state index contributed by atoms with van der Waals surface area (Å²) < 4.78 is 6.84. The van der Waals surface area contributed by atoms with Crippen molar-refractivity contribution < 1.29 is 14.3 Å². The van der Waals surface area contributed by atoms with E-state index in [2.05, 4.69) is 5.10 Å². The molecule has 0 atom stereocenters. The number of esters is 1. The van der Waals surface area contributed by atoms with Crippen LogP contribution in [0.25, 0.3) is 0 Å². The van der Waals surface area contributed by atoms with Gasteiger partial charge in [-0.1, -0.05) is 12.8 Å². The highest BCUT2D eigenvalue weighted by molar-refractivity contribution is 5.89. The number of hydrogen-bond donors (Lipinski definition) is 0. The highest BCUT2D eigenvalue weighted by Crippen LogP contribution is 2.29. The fourth-order valence-electron chi connectivity index (χ4n) is 3.76. The molecule has 6 heteroatoms. The molecule has 0 radical (unpaired) electrons. The first-order chi connectivity index (χ1) is 11.1. The Morgan fingerprint density at radius 2 is 2.04 bits per heavy atom. The third kappa shape index (κ3) is 3.26. The fourth-order valence-corrected chi connectivity index (χ4v) is 3.76. The van der Waals surface area contributed by atoms with E-state index in [9.17, 15) is 9.59 Å². The van der Waals surface area contributed by atoms with Gasteiger partial charge in [0.2, 0.25) is 5.91 Å². The van der Waals surface area contributed by atoms with Crippen molar-refractivity contribution in [1.82, 2.24) is 14.7 Å². The first kappa shape index (κ1) is 16.0. The molecule has 1 amide bonds. The van der Waals surface area contributed by atoms with Gasteiger partial charge in [0, 0.05) is 44.2 Å². The average Bonchev–Trinajstić information content (AvgIpc) is 3.15. The van der Waals surface area contributed by atoms with Crippen molar-refractivity contribution in [3.63, 3.8) is 0 Å². The van der Waals surface area contributed by atoms with E-state index in [1.807, 2.05) is 11.9 Å². The Balaban J connectivity index is 1.73. The largest absolute Gasteiger partial charge is 0.461 e. The zero-order valence-electron chi connectivity index (χ0n) is 14.0. The van der Waals surface area contributed by atoms with Crippen LogP contribution in [-0.2, 0) is 29.5 Å². The number of fused-ring (bicyclic) bond motifs is 1. The average molecular weight is 319 g/mol. The minimum atomic E-state index is -0.394. The topological polar surface area (TPSA) is 64.4 Å². The van der Waals surface area contributed by atoms with Gasteiger partial charge in [0.05, 0.1) is 6.61 Å². The van der Waals surface area contributed by atoms with Gasteiger partial charge in [-0.05, 0) is 25.7 Å². The van der Waals surface area contributed by atoms with Crippen LogP contribution in [-0.4, -0.2) is 39.7 Å². The van der Waals surface area contributed by atoms with Gasteiger partial charge in [0.15, 0.2) is 5.69 Å². The maximum atomic E-state index is 12.6. The van der Waals surface area contributed by atoms with Gasteiger partial charge >= 0.3 is 5.97 Å². The first-order valence-electron chi connectivity index (χ1n) is 8.59. The Morgan fingerprint density at radius 3 is 2.74 bits per heavy atom. The standard InChI is InChI=1S/C17H25N3O3/c1-3-23-17(22)16-13-11-20(9-8-14(13)19(2)18-16)15(21)10-12-6-4-5-7-12/h12H,3-11H2,1-2H3. The second-order valence-corrected chi connectivity index (χ2v) is 6.54. The van der Waals surface area contributed by atoms with Gasteiger partial charge < -0.3 is 9.64 Å². The van der Waals surface area contributed by atoms with E-state index in [-0.39, 0.29) is 5.91 Å². The minimum absolute atomic E-state index is 0.209. The smallest absolute Gasteiger partial charge is 0.359 e. The number of carbonyl (C=O) groups excluding carboxylic acids is 2. The van der Waals surface area contributed by atoms with Crippen LogP contribution < -0.4 is 0 Å². The molecule has 1 fully saturated rings. The van der Waals surface area contributed by atoms with Gasteiger partial charge in [-0.25, -0.2) is 4.79 Å². The van der Waals surface area contributed by atoms with Crippen molar-refractivity contribution in [1.29, 1.82) is 0 Å². The van der Waals surface area contributed by atoms with E-state index in [0.29, 0.717) is 37.7 Å². The molecule has 126 valence electrons. The Morgan fingerprint density at radius 1 is 1.30 bits per heavy atom. The van der Waals surface area contributed by atoms with Gasteiger partial charge in [-0.3, -0.25) is 9.48 Å². The quantitative estimate of drug-likeness (QED) is 0.797. The van der Waals surface area contributed by atoms with Crippen molar-refractivity contribution in [2.75, 3.05) is 13.2 Å². The van der Waals surface area contributed by atoms with E-state index in [1.165, 1.54) is 25.7 Å². The van der Waals surface area contributed by atoms with Crippen molar-refractivity contribution >= 4 is 11.9 Å². The van der Waals surface area contributed by atoms with Gasteiger partial charge in [0.1, 0.15) is 0 Å². The molecule has 1 saturated carbocycles. The first-order valence-corrected chi connectivity index (χ1v) is 8.59. The molecule has 1 aliphatic heterocycles. The molecule has 1 aromatic rings. The minimum Gasteiger partial charge on any atom is -0.461 e. The third-order valence-corrected chi connectivity index (χ3v) is 5.00. The molecule has 0 unspecified atom stereocenters. The van der Waals surface area contributed by atoms with Gasteiger partial charge in [-0.2, -0.15) is 5.10 Å². The number of rotatable bonds is 4. The molecule has 6 nitrogen and oxygen atoms in total. The van der Waals surface area contributed by atoms with Crippen LogP contribution in [0.4, 0.5) is 0 Å². The number of aromatic nitrogens is 2. The van der Waals surface area contributed by atoms with Crippen molar-refractivity contribution in [2.24, 2.45) is 13.0 Å². The summed E-state index contributed by atoms with van der Waals surface area (Å²) >= 11 is 0. The fraction of sp³-hybridized carbons (Fsp3) is 0.706. The highest BCUT2D eigenvalue weighted by Gasteiger charge is 2.31. The van der Waals surface area contributed by atoms with Crippen LogP contribution in [0, 0.1) is 5.92 Å². The molecule has 0 N–H and O–H groups in total. The lowest BCUT2D eigenvalue weighted by molar-refractivity contribution is -0.133. The summed E-state index contributed by atoms with van der Waals surface area (Å²) in [4.78, 5) is 26.5. The Hall–Kier alpha value is -1.85. The van der Waals surface area contributed by atoms with Crippen molar-refractivity contribution in [2.45, 2.75) is 52.0 Å². The van der Waals surface area contributed by atoms with Crippen LogP contribution in [0.15, 0.2) is 0 Å². The van der Waals surface area contributed by atoms with Crippen LogP contribution in [0.2, 0.25) is 0 Å². The second kappa shape index (κ2) is 6.72. The number of carbonyl (C=O) groups is 2. The van der Waals surface area contributed by atoms with Crippen molar-refractivity contribution in [3.8, 4) is 0 Å². The summed E-state index contributed by atoms with van der Waals surface area (Å²) in [5, 5.41) is 4.31. The Labute approximate surface area is 136 Å². The van der Waals surface area contributed by atoms with E-state index in [4.69, 9.17) is 4.74 Å². The summed E-state index contributed by atoms with van der Waals surface area (Å²) in [5.41, 5.74) is 2.26. The Bertz CT molecular complexity index is 602. The molecule has 0 bridgehead atoms. The molecule has 0 spiro atoms. The Kier molecular flexibility index (Phi) is 4.68. The number of hydrogen-bond acceptors (Lipinski definition) is 4. The van der Waals surface area contributed by atoms with Crippen LogP contribution >= 0.6 is 0 Å². The lowest BCUT2D eigenvalue weighted by Crippen LogP contribution is -2.37. The molecule has 3 rings (SSSR count). The molecular weight excluding hydrogens is 294 g/mol. The highest BCUT2D eigenvalue weighted by atomic mass is 16.5. The summed E-state index contributed by atoms with van der Waals surface area (Å²) in [6.45, 7) is 3.29. The maximum absolute atomic E-state index is 12.6. The molecule has 1 aromatic heterocycles. The third-order valence-electron chi connectivity index (χ3n) is 5.00. The zero-order valence-corrected chi connectivity index (χ0v) is 14.0. The van der Waals surface area contributed by atoms with E-state index < -0.39 is 5.97 Å². The lowest BCUT2D eigenvalue weighted by Gasteiger charge is -2.28. The van der Waals surface area contributed by atoms with Gasteiger partial charge in [0.25, 0.3) is 0 Å². The molecule has 23 heavy (non-hydrogen) atoms. The summed E-state index contributed by atoms with van der Waals surface area (Å²) in [6.07, 6.45) is 6.23. The molecule has 0 saturated heterocycles. The lowest BCUT2D eigenvalue weighted by atomic mass is 10.0. The van der Waals surface area contributed by atoms with E-state index in [1.54, 1.807) is 11.6 Å². The predicted molar refractivity (Wildman–Crippen MR) is 84.9 cm³/mol. The summed E-state index contributed by atoms with van der Waals surface area (Å²) in [6, 6.07) is 0. The number of nitrogens with zero attached hydrogens (tertiary/aromatic N) is 3. The predicted octanol–water partition coefficient (Wildman–Crippen LogP) is 2.06. The van der Waals surface area contributed by atoms with Crippen molar-refractivity contribution in [3.05, 3.63) is 17.0 Å². The second-order valence-electron chi connectivity index (χ2n) is 6.54. The molecule has 1 aliphatic carbocycles. The summed E-state index contributed by atoms with van der Waals surface area (Å²) in [5.74, 6) is 0.359.